The van der Waals surface area contributed by atoms with E-state index in [2.05, 4.69) is 15.5 Å². The number of carbonyl (C=O) groups is 2. The fraction of sp³-hybridized carbons (Fsp3) is 0.364. The number of nitrogens with zero attached hydrogens (tertiary/aromatic N) is 2. The quantitative estimate of drug-likeness (QED) is 0.324. The molecule has 1 amide bonds. The lowest BCUT2D eigenvalue weighted by atomic mass is 10.2. The fourth-order valence-electron chi connectivity index (χ4n) is 2.77. The number of hydrogen-bond donors (Lipinski definition) is 1. The summed E-state index contributed by atoms with van der Waals surface area (Å²) in [7, 11) is 2.82. The first-order valence-electron chi connectivity index (χ1n) is 9.98. The second kappa shape index (κ2) is 12.3. The smallest absolute Gasteiger partial charge is 0.259 e. The molecular weight excluding hydrogens is 473 g/mol. The van der Waals surface area contributed by atoms with Gasteiger partial charge in [0.05, 0.1) is 27.4 Å². The minimum Gasteiger partial charge on any atom is -0.494 e. The van der Waals surface area contributed by atoms with E-state index in [0.717, 1.165) is 0 Å². The summed E-state index contributed by atoms with van der Waals surface area (Å²) in [6.07, 6.45) is 0. The molecule has 0 fully saturated rings. The van der Waals surface area contributed by atoms with Crippen LogP contribution in [0.5, 0.6) is 23.0 Å². The Balaban J connectivity index is 2.39. The molecule has 2 rings (SSSR count). The van der Waals surface area contributed by atoms with Crippen LogP contribution in [0.1, 0.15) is 20.8 Å². The SMILES string of the molecule is CCOc1cc(N=NC(C(C)=O)C(=O)Nc2c(OC)cc(Cl)cc2OC)c(Cl)c(OCC)c1. The van der Waals surface area contributed by atoms with Crippen LogP contribution in [0, 0.1) is 0 Å². The molecule has 0 aliphatic rings. The maximum absolute atomic E-state index is 12.9. The maximum Gasteiger partial charge on any atom is 0.259 e. The van der Waals surface area contributed by atoms with Crippen molar-refractivity contribution in [1.29, 1.82) is 0 Å². The number of anilines is 1. The van der Waals surface area contributed by atoms with Crippen LogP contribution >= 0.6 is 23.2 Å². The summed E-state index contributed by atoms with van der Waals surface area (Å²) in [4.78, 5) is 25.1. The van der Waals surface area contributed by atoms with E-state index in [4.69, 9.17) is 42.1 Å². The highest BCUT2D eigenvalue weighted by atomic mass is 35.5. The zero-order chi connectivity index (χ0) is 24.5. The lowest BCUT2D eigenvalue weighted by Crippen LogP contribution is -2.32. The van der Waals surface area contributed by atoms with Gasteiger partial charge in [-0.05, 0) is 20.8 Å². The normalized spacial score (nSPS) is 11.7. The van der Waals surface area contributed by atoms with Gasteiger partial charge in [0.25, 0.3) is 5.91 Å². The summed E-state index contributed by atoms with van der Waals surface area (Å²) < 4.78 is 21.5. The number of azo groups is 1. The van der Waals surface area contributed by atoms with Gasteiger partial charge in [-0.2, -0.15) is 10.2 Å². The van der Waals surface area contributed by atoms with E-state index in [-0.39, 0.29) is 27.9 Å². The Morgan fingerprint density at radius 3 is 2.09 bits per heavy atom. The van der Waals surface area contributed by atoms with Crippen molar-refractivity contribution >= 4 is 46.3 Å². The molecule has 0 aromatic heterocycles. The molecule has 0 aliphatic carbocycles. The molecule has 2 aromatic carbocycles. The molecule has 9 nitrogen and oxygen atoms in total. The van der Waals surface area contributed by atoms with Crippen LogP contribution in [0.3, 0.4) is 0 Å². The van der Waals surface area contributed by atoms with E-state index in [9.17, 15) is 9.59 Å². The summed E-state index contributed by atoms with van der Waals surface area (Å²) in [6, 6.07) is 4.70. The number of hydrogen-bond acceptors (Lipinski definition) is 8. The Labute approximate surface area is 202 Å². The number of ketones is 1. The molecular formula is C22H25Cl2N3O6. The van der Waals surface area contributed by atoms with Crippen LogP contribution in [0.25, 0.3) is 0 Å². The zero-order valence-electron chi connectivity index (χ0n) is 18.9. The van der Waals surface area contributed by atoms with E-state index in [1.807, 2.05) is 6.92 Å². The predicted octanol–water partition coefficient (Wildman–Crippen LogP) is 5.49. The predicted molar refractivity (Wildman–Crippen MR) is 126 cm³/mol. The highest BCUT2D eigenvalue weighted by molar-refractivity contribution is 6.34. The van der Waals surface area contributed by atoms with Gasteiger partial charge in [0, 0.05) is 29.3 Å². The molecule has 0 bridgehead atoms. The Kier molecular flexibility index (Phi) is 9.74. The number of Topliss-reactive ketones (excluding diaryl/α,β-unsaturated/α-hetero) is 1. The summed E-state index contributed by atoms with van der Waals surface area (Å²) in [5.41, 5.74) is 0.387. The first-order chi connectivity index (χ1) is 15.7. The molecule has 0 aliphatic heterocycles. The van der Waals surface area contributed by atoms with Crippen molar-refractivity contribution in [2.75, 3.05) is 32.8 Å². The van der Waals surface area contributed by atoms with Gasteiger partial charge in [0.15, 0.2) is 5.78 Å². The van der Waals surface area contributed by atoms with Crippen LogP contribution in [0.15, 0.2) is 34.5 Å². The average Bonchev–Trinajstić information content (AvgIpc) is 2.77. The van der Waals surface area contributed by atoms with E-state index in [1.54, 1.807) is 13.0 Å². The molecule has 1 unspecified atom stereocenters. The molecule has 0 heterocycles. The molecule has 0 spiro atoms. The van der Waals surface area contributed by atoms with Crippen molar-refractivity contribution in [3.8, 4) is 23.0 Å². The van der Waals surface area contributed by atoms with Crippen molar-refractivity contribution in [3.05, 3.63) is 34.3 Å². The van der Waals surface area contributed by atoms with Gasteiger partial charge in [-0.15, -0.1) is 0 Å². The van der Waals surface area contributed by atoms with Gasteiger partial charge in [-0.1, -0.05) is 23.2 Å². The molecule has 178 valence electrons. The largest absolute Gasteiger partial charge is 0.494 e. The van der Waals surface area contributed by atoms with Crippen LogP contribution in [-0.4, -0.2) is 45.2 Å². The van der Waals surface area contributed by atoms with Gasteiger partial charge >= 0.3 is 0 Å². The minimum absolute atomic E-state index is 0.174. The molecule has 2 aromatic rings. The number of amides is 1. The third kappa shape index (κ3) is 6.72. The third-order valence-electron chi connectivity index (χ3n) is 4.24. The van der Waals surface area contributed by atoms with Crippen LogP contribution in [0.4, 0.5) is 11.4 Å². The monoisotopic (exact) mass is 497 g/mol. The van der Waals surface area contributed by atoms with Crippen molar-refractivity contribution in [2.24, 2.45) is 10.2 Å². The molecule has 33 heavy (non-hydrogen) atoms. The highest BCUT2D eigenvalue weighted by Gasteiger charge is 2.26. The van der Waals surface area contributed by atoms with Crippen molar-refractivity contribution in [3.63, 3.8) is 0 Å². The topological polar surface area (TPSA) is 108 Å². The molecule has 0 radical (unpaired) electrons. The summed E-state index contributed by atoms with van der Waals surface area (Å²) in [6.45, 7) is 5.64. The van der Waals surface area contributed by atoms with Crippen LogP contribution < -0.4 is 24.3 Å². The summed E-state index contributed by atoms with van der Waals surface area (Å²) >= 11 is 12.4. The summed E-state index contributed by atoms with van der Waals surface area (Å²) in [5, 5.41) is 11.1. The van der Waals surface area contributed by atoms with E-state index < -0.39 is 17.7 Å². The fourth-order valence-corrected chi connectivity index (χ4v) is 3.17. The molecule has 0 saturated heterocycles. The molecule has 0 saturated carbocycles. The summed E-state index contributed by atoms with van der Waals surface area (Å²) in [5.74, 6) is 0.0244. The Bertz CT molecular complexity index is 1020. The van der Waals surface area contributed by atoms with E-state index in [0.29, 0.717) is 29.7 Å². The molecule has 1 N–H and O–H groups in total. The third-order valence-corrected chi connectivity index (χ3v) is 4.84. The van der Waals surface area contributed by atoms with E-state index in [1.165, 1.54) is 39.3 Å². The van der Waals surface area contributed by atoms with Gasteiger partial charge in [0.2, 0.25) is 6.04 Å². The lowest BCUT2D eigenvalue weighted by molar-refractivity contribution is -0.126. The van der Waals surface area contributed by atoms with Gasteiger partial charge in [-0.25, -0.2) is 0 Å². The van der Waals surface area contributed by atoms with Crippen LogP contribution in [0.2, 0.25) is 10.0 Å². The van der Waals surface area contributed by atoms with E-state index >= 15 is 0 Å². The molecule has 11 heteroatoms. The van der Waals surface area contributed by atoms with Gasteiger partial charge in [-0.3, -0.25) is 9.59 Å². The first-order valence-corrected chi connectivity index (χ1v) is 10.7. The van der Waals surface area contributed by atoms with Crippen molar-refractivity contribution in [2.45, 2.75) is 26.8 Å². The Morgan fingerprint density at radius 2 is 1.58 bits per heavy atom. The second-order valence-corrected chi connectivity index (χ2v) is 7.34. The second-order valence-electron chi connectivity index (χ2n) is 6.52. The number of ether oxygens (including phenoxy) is 4. The standard InChI is InChI=1S/C22H25Cl2N3O6/c1-6-32-14-10-15(19(24)16(11-14)33-7-2)26-27-20(12(3)28)22(29)25-21-17(30-4)8-13(23)9-18(21)31-5/h8-11,20H,6-7H2,1-5H3,(H,25,29). The van der Waals surface area contributed by atoms with Crippen molar-refractivity contribution < 1.29 is 28.5 Å². The van der Waals surface area contributed by atoms with Crippen LogP contribution in [-0.2, 0) is 9.59 Å². The Hall–Kier alpha value is -3.04. The minimum atomic E-state index is -1.46. The Morgan fingerprint density at radius 1 is 0.970 bits per heavy atom. The number of halogens is 2. The number of benzene rings is 2. The number of nitrogens with one attached hydrogen (secondary N) is 1. The average molecular weight is 498 g/mol. The lowest BCUT2D eigenvalue weighted by Gasteiger charge is -2.16. The number of carbonyl (C=O) groups excluding carboxylic acids is 2. The zero-order valence-corrected chi connectivity index (χ0v) is 20.4. The highest BCUT2D eigenvalue weighted by Crippen LogP contribution is 2.40. The van der Waals surface area contributed by atoms with Crippen molar-refractivity contribution in [1.82, 2.24) is 0 Å². The number of methoxy groups -OCH3 is 2. The van der Waals surface area contributed by atoms with Gasteiger partial charge < -0.3 is 24.3 Å². The molecule has 1 atom stereocenters. The number of rotatable bonds is 11. The maximum atomic E-state index is 12.9. The van der Waals surface area contributed by atoms with Gasteiger partial charge in [0.1, 0.15) is 39.4 Å². The first kappa shape index (κ1) is 26.2.